The maximum atomic E-state index is 4.75. The minimum absolute atomic E-state index is 0.674. The Morgan fingerprint density at radius 2 is 2.44 bits per heavy atom. The third-order valence-corrected chi connectivity index (χ3v) is 1.66. The summed E-state index contributed by atoms with van der Waals surface area (Å²) in [5, 5.41) is 1.81. The lowest BCUT2D eigenvalue weighted by Gasteiger charge is -2.07. The van der Waals surface area contributed by atoms with Crippen molar-refractivity contribution in [1.29, 1.82) is 0 Å². The molecule has 0 aliphatic heterocycles. The topological polar surface area (TPSA) is 0 Å². The van der Waals surface area contributed by atoms with Crippen LogP contribution in [-0.4, -0.2) is 5.37 Å². The molecule has 0 saturated carbocycles. The van der Waals surface area contributed by atoms with E-state index in [9.17, 15) is 0 Å². The summed E-state index contributed by atoms with van der Waals surface area (Å²) in [5.74, 6) is 0.674. The Balaban J connectivity index is 2.36. The van der Waals surface area contributed by atoms with Crippen LogP contribution in [0.4, 0.5) is 0 Å². The Morgan fingerprint density at radius 3 is 3.00 bits per heavy atom. The first kappa shape index (κ1) is 6.69. The van der Waals surface area contributed by atoms with Crippen molar-refractivity contribution in [2.75, 3.05) is 0 Å². The molecule has 0 spiro atoms. The molecule has 0 bridgehead atoms. The quantitative estimate of drug-likeness (QED) is 0.528. The average Bonchev–Trinajstić information content (AvgIpc) is 1.91. The Labute approximate surface area is 61.3 Å². The standard InChI is InChI=1S/C8H10S/c9-7-6-8-4-2-1-3-5-8/h1-4,7-8H,5-6H2. The lowest BCUT2D eigenvalue weighted by atomic mass is 9.99. The highest BCUT2D eigenvalue weighted by Gasteiger charge is 2.00. The number of hydrogen-bond donors (Lipinski definition) is 0. The largest absolute Gasteiger partial charge is 0.0935 e. The molecule has 0 heterocycles. The van der Waals surface area contributed by atoms with E-state index in [2.05, 4.69) is 24.3 Å². The normalized spacial score (nSPS) is 24.2. The Morgan fingerprint density at radius 1 is 1.56 bits per heavy atom. The molecule has 1 heteroatoms. The predicted octanol–water partition coefficient (Wildman–Crippen LogP) is 2.51. The zero-order chi connectivity index (χ0) is 6.53. The highest BCUT2D eigenvalue weighted by atomic mass is 32.1. The molecule has 1 atom stereocenters. The van der Waals surface area contributed by atoms with Crippen LogP contribution < -0.4 is 0 Å². The second-order valence-corrected chi connectivity index (χ2v) is 2.54. The maximum Gasteiger partial charge on any atom is -0.0153 e. The number of hydrogen-bond acceptors (Lipinski definition) is 1. The first-order valence-electron chi connectivity index (χ1n) is 3.20. The van der Waals surface area contributed by atoms with Crippen LogP contribution in [0.25, 0.3) is 0 Å². The summed E-state index contributed by atoms with van der Waals surface area (Å²) in [6.45, 7) is 0. The van der Waals surface area contributed by atoms with Crippen molar-refractivity contribution in [3.8, 4) is 0 Å². The van der Waals surface area contributed by atoms with Gasteiger partial charge in [-0.05, 0) is 24.1 Å². The molecule has 0 aromatic rings. The van der Waals surface area contributed by atoms with E-state index in [1.165, 1.54) is 0 Å². The Kier molecular flexibility index (Phi) is 2.65. The van der Waals surface area contributed by atoms with Crippen LogP contribution in [-0.2, 0) is 0 Å². The molecule has 0 N–H and O–H groups in total. The van der Waals surface area contributed by atoms with Crippen molar-refractivity contribution in [2.45, 2.75) is 12.8 Å². The van der Waals surface area contributed by atoms with E-state index in [0.29, 0.717) is 5.92 Å². The van der Waals surface area contributed by atoms with E-state index in [1.807, 2.05) is 5.37 Å². The molecular weight excluding hydrogens is 128 g/mol. The summed E-state index contributed by atoms with van der Waals surface area (Å²) >= 11 is 4.75. The summed E-state index contributed by atoms with van der Waals surface area (Å²) in [7, 11) is 0. The van der Waals surface area contributed by atoms with Crippen molar-refractivity contribution in [3.05, 3.63) is 24.3 Å². The van der Waals surface area contributed by atoms with E-state index >= 15 is 0 Å². The van der Waals surface area contributed by atoms with Gasteiger partial charge in [0.1, 0.15) is 0 Å². The minimum atomic E-state index is 0.674. The first-order valence-corrected chi connectivity index (χ1v) is 3.67. The zero-order valence-corrected chi connectivity index (χ0v) is 6.10. The smallest absolute Gasteiger partial charge is 0.0153 e. The summed E-state index contributed by atoms with van der Waals surface area (Å²) in [5.41, 5.74) is 0. The summed E-state index contributed by atoms with van der Waals surface area (Å²) in [6, 6.07) is 0. The Hall–Kier alpha value is -0.430. The van der Waals surface area contributed by atoms with Gasteiger partial charge in [-0.2, -0.15) is 0 Å². The van der Waals surface area contributed by atoms with Gasteiger partial charge in [-0.3, -0.25) is 0 Å². The monoisotopic (exact) mass is 138 g/mol. The van der Waals surface area contributed by atoms with E-state index in [1.54, 1.807) is 0 Å². The highest BCUT2D eigenvalue weighted by molar-refractivity contribution is 7.78. The van der Waals surface area contributed by atoms with Crippen LogP contribution in [0, 0.1) is 5.92 Å². The van der Waals surface area contributed by atoms with Gasteiger partial charge in [-0.15, -0.1) is 0 Å². The van der Waals surface area contributed by atoms with Crippen LogP contribution >= 0.6 is 12.2 Å². The number of allylic oxidation sites excluding steroid dienone is 4. The molecule has 1 rings (SSSR count). The second kappa shape index (κ2) is 3.57. The van der Waals surface area contributed by atoms with Gasteiger partial charge < -0.3 is 0 Å². The van der Waals surface area contributed by atoms with Crippen LogP contribution in [0.1, 0.15) is 12.8 Å². The van der Waals surface area contributed by atoms with E-state index in [4.69, 9.17) is 12.2 Å². The van der Waals surface area contributed by atoms with Crippen molar-refractivity contribution in [1.82, 2.24) is 0 Å². The Bertz CT molecular complexity index is 143. The lowest BCUT2D eigenvalue weighted by molar-refractivity contribution is 0.697. The molecular formula is C8H10S. The van der Waals surface area contributed by atoms with Gasteiger partial charge in [-0.25, -0.2) is 0 Å². The number of rotatable bonds is 2. The predicted molar refractivity (Wildman–Crippen MR) is 44.7 cm³/mol. The summed E-state index contributed by atoms with van der Waals surface area (Å²) < 4.78 is 0. The third kappa shape index (κ3) is 2.10. The molecule has 0 fully saturated rings. The molecule has 1 aliphatic rings. The fourth-order valence-corrected chi connectivity index (χ4v) is 1.18. The fraction of sp³-hybridized carbons (Fsp3) is 0.375. The van der Waals surface area contributed by atoms with E-state index < -0.39 is 0 Å². The fourth-order valence-electron chi connectivity index (χ4n) is 0.930. The molecule has 0 radical (unpaired) electrons. The van der Waals surface area contributed by atoms with Crippen LogP contribution in [0.15, 0.2) is 24.3 Å². The molecule has 1 unspecified atom stereocenters. The molecule has 0 saturated heterocycles. The summed E-state index contributed by atoms with van der Waals surface area (Å²) in [6.07, 6.45) is 10.8. The molecule has 9 heavy (non-hydrogen) atoms. The first-order chi connectivity index (χ1) is 4.43. The SMILES string of the molecule is S=CCC1C=CC=CC1. The van der Waals surface area contributed by atoms with Crippen molar-refractivity contribution in [2.24, 2.45) is 5.92 Å². The van der Waals surface area contributed by atoms with Crippen LogP contribution in [0.2, 0.25) is 0 Å². The van der Waals surface area contributed by atoms with Crippen molar-refractivity contribution < 1.29 is 0 Å². The molecule has 0 nitrogen and oxygen atoms in total. The van der Waals surface area contributed by atoms with Gasteiger partial charge in [-0.1, -0.05) is 36.5 Å². The van der Waals surface area contributed by atoms with E-state index in [-0.39, 0.29) is 0 Å². The van der Waals surface area contributed by atoms with Crippen molar-refractivity contribution in [3.63, 3.8) is 0 Å². The van der Waals surface area contributed by atoms with Gasteiger partial charge in [0.05, 0.1) is 0 Å². The van der Waals surface area contributed by atoms with Gasteiger partial charge >= 0.3 is 0 Å². The molecule has 0 aromatic heterocycles. The maximum absolute atomic E-state index is 4.75. The van der Waals surface area contributed by atoms with Crippen LogP contribution in [0.3, 0.4) is 0 Å². The van der Waals surface area contributed by atoms with Gasteiger partial charge in [0, 0.05) is 0 Å². The van der Waals surface area contributed by atoms with E-state index in [0.717, 1.165) is 12.8 Å². The molecule has 0 aromatic carbocycles. The van der Waals surface area contributed by atoms with Crippen LogP contribution in [0.5, 0.6) is 0 Å². The van der Waals surface area contributed by atoms with Gasteiger partial charge in [0.2, 0.25) is 0 Å². The lowest BCUT2D eigenvalue weighted by Crippen LogP contribution is -1.96. The van der Waals surface area contributed by atoms with Gasteiger partial charge in [0.25, 0.3) is 0 Å². The van der Waals surface area contributed by atoms with Crippen molar-refractivity contribution >= 4 is 17.6 Å². The highest BCUT2D eigenvalue weighted by Crippen LogP contribution is 2.13. The molecule has 48 valence electrons. The zero-order valence-electron chi connectivity index (χ0n) is 5.29. The molecule has 1 aliphatic carbocycles. The van der Waals surface area contributed by atoms with Gasteiger partial charge in [0.15, 0.2) is 0 Å². The summed E-state index contributed by atoms with van der Waals surface area (Å²) in [4.78, 5) is 0. The third-order valence-electron chi connectivity index (χ3n) is 1.47. The average molecular weight is 138 g/mol. The number of thiocarbonyl (C=S) groups is 1. The molecule has 0 amide bonds. The second-order valence-electron chi connectivity index (χ2n) is 2.21. The minimum Gasteiger partial charge on any atom is -0.0935 e.